The number of benzene rings is 5. The second-order valence-electron chi connectivity index (χ2n) is 27.7. The zero-order chi connectivity index (χ0) is 58.8. The number of nitrogen functional groups attached to an aromatic ring is 1. The number of anilines is 2. The molecule has 6 nitrogen and oxygen atoms in total. The second kappa shape index (κ2) is 25.8. The lowest BCUT2D eigenvalue weighted by atomic mass is 9.87. The van der Waals surface area contributed by atoms with Gasteiger partial charge in [0.1, 0.15) is 5.82 Å². The number of nitrogens with two attached hydrogens (primary N) is 1. The number of nitrogens with zero attached hydrogens (tertiary/aromatic N) is 5. The van der Waals surface area contributed by atoms with Crippen LogP contribution in [0, 0.1) is 25.1 Å². The molecular formula is C71H95FN6. The molecule has 0 bridgehead atoms. The summed E-state index contributed by atoms with van der Waals surface area (Å²) in [5, 5.41) is 9.06. The molecule has 0 saturated carbocycles. The minimum Gasteiger partial charge on any atom is -0.398 e. The summed E-state index contributed by atoms with van der Waals surface area (Å²) < 4.78 is 13.0. The van der Waals surface area contributed by atoms with Crippen LogP contribution >= 0.6 is 0 Å². The third-order valence-electron chi connectivity index (χ3n) is 12.6. The molecule has 9 rings (SSSR count). The highest BCUT2D eigenvalue weighted by atomic mass is 19.1. The van der Waals surface area contributed by atoms with E-state index in [1.54, 1.807) is 18.3 Å². The van der Waals surface area contributed by atoms with Crippen LogP contribution in [-0.4, -0.2) is 34.0 Å². The Balaban J connectivity index is 0.000000207. The Labute approximate surface area is 470 Å². The van der Waals surface area contributed by atoms with Gasteiger partial charge < -0.3 is 10.6 Å². The number of aryl methyl sites for hydroxylation is 2. The minimum atomic E-state index is -0.200. The molecule has 2 N–H and O–H groups in total. The summed E-state index contributed by atoms with van der Waals surface area (Å²) in [6.45, 7) is 45.6. The van der Waals surface area contributed by atoms with Gasteiger partial charge in [0.05, 0.1) is 0 Å². The Bertz CT molecular complexity index is 3350. The molecule has 9 aromatic rings. The van der Waals surface area contributed by atoms with E-state index in [9.17, 15) is 4.39 Å². The Morgan fingerprint density at radius 1 is 0.372 bits per heavy atom. The van der Waals surface area contributed by atoms with Crippen LogP contribution in [0.1, 0.15) is 171 Å². The Morgan fingerprint density at radius 2 is 0.769 bits per heavy atom. The molecular weight excluding hydrogens is 956 g/mol. The van der Waals surface area contributed by atoms with Crippen molar-refractivity contribution in [1.82, 2.24) is 19.9 Å². The van der Waals surface area contributed by atoms with E-state index in [2.05, 4.69) is 263 Å². The molecule has 0 unspecified atom stereocenters. The van der Waals surface area contributed by atoms with Crippen molar-refractivity contribution in [2.75, 3.05) is 24.7 Å². The molecule has 5 aromatic carbocycles. The first kappa shape index (κ1) is 63.8. The van der Waals surface area contributed by atoms with E-state index in [4.69, 9.17) is 5.73 Å². The number of hydrogen-bond donors (Lipinski definition) is 1. The maximum Gasteiger partial charge on any atom is 0.123 e. The highest BCUT2D eigenvalue weighted by Crippen LogP contribution is 2.31. The number of pyridine rings is 4. The van der Waals surface area contributed by atoms with E-state index in [1.807, 2.05) is 42.9 Å². The van der Waals surface area contributed by atoms with Gasteiger partial charge in [-0.1, -0.05) is 203 Å². The van der Waals surface area contributed by atoms with Crippen LogP contribution in [0.3, 0.4) is 0 Å². The summed E-state index contributed by atoms with van der Waals surface area (Å²) in [6.07, 6.45) is 7.65. The van der Waals surface area contributed by atoms with Crippen molar-refractivity contribution < 1.29 is 4.39 Å². The summed E-state index contributed by atoms with van der Waals surface area (Å²) in [5.41, 5.74) is 17.4. The first-order chi connectivity index (χ1) is 35.8. The van der Waals surface area contributed by atoms with Crippen molar-refractivity contribution in [2.45, 2.75) is 172 Å². The topological polar surface area (TPSA) is 80.8 Å². The van der Waals surface area contributed by atoms with Crippen LogP contribution < -0.4 is 10.6 Å². The zero-order valence-electron chi connectivity index (χ0n) is 52.0. The van der Waals surface area contributed by atoms with E-state index >= 15 is 0 Å². The first-order valence-electron chi connectivity index (χ1n) is 27.5. The molecule has 0 radical (unpaired) electrons. The second-order valence-corrected chi connectivity index (χ2v) is 27.7. The summed E-state index contributed by atoms with van der Waals surface area (Å²) in [4.78, 5) is 20.1. The van der Waals surface area contributed by atoms with Crippen LogP contribution in [0.2, 0.25) is 0 Å². The molecule has 0 aliphatic rings. The Morgan fingerprint density at radius 3 is 1.24 bits per heavy atom. The molecule has 4 heterocycles. The SMILES string of the molecule is CC(C)(C)C.CC(C)(C)c1cc2c(N)cccc2cn1.CC(C)(C)c1cc2cc(F)ccc2cn1.CN(C)c1cccc2cnc(C(C)(C)C)cc12.Cc1ccc(C(C)(C)C)cc1.Cc1ccc2cc(C(C)(C)C)ncc2c1. The van der Waals surface area contributed by atoms with Gasteiger partial charge in [-0.2, -0.15) is 0 Å². The molecule has 416 valence electrons. The van der Waals surface area contributed by atoms with Gasteiger partial charge in [0.25, 0.3) is 0 Å². The average Bonchev–Trinajstić information content (AvgIpc) is 3.32. The van der Waals surface area contributed by atoms with Crippen LogP contribution in [-0.2, 0) is 27.1 Å². The predicted molar refractivity (Wildman–Crippen MR) is 340 cm³/mol. The van der Waals surface area contributed by atoms with E-state index < -0.39 is 0 Å². The monoisotopic (exact) mass is 1050 g/mol. The molecule has 0 spiro atoms. The maximum atomic E-state index is 13.0. The van der Waals surface area contributed by atoms with Crippen molar-refractivity contribution >= 4 is 54.5 Å². The van der Waals surface area contributed by atoms with E-state index in [1.165, 1.54) is 50.0 Å². The lowest BCUT2D eigenvalue weighted by Gasteiger charge is -2.20. The van der Waals surface area contributed by atoms with Gasteiger partial charge in [-0.25, -0.2) is 4.39 Å². The number of aromatic nitrogens is 4. The molecule has 7 heteroatoms. The zero-order valence-corrected chi connectivity index (χ0v) is 52.0. The van der Waals surface area contributed by atoms with Crippen LogP contribution in [0.5, 0.6) is 0 Å². The van der Waals surface area contributed by atoms with Crippen LogP contribution in [0.25, 0.3) is 43.1 Å². The molecule has 78 heavy (non-hydrogen) atoms. The lowest BCUT2D eigenvalue weighted by molar-refractivity contribution is 0.469. The largest absolute Gasteiger partial charge is 0.398 e. The maximum absolute atomic E-state index is 13.0. The van der Waals surface area contributed by atoms with Crippen molar-refractivity contribution in [1.29, 1.82) is 0 Å². The third kappa shape index (κ3) is 19.9. The van der Waals surface area contributed by atoms with Crippen LogP contribution in [0.15, 0.2) is 146 Å². The van der Waals surface area contributed by atoms with Gasteiger partial charge in [0.15, 0.2) is 0 Å². The van der Waals surface area contributed by atoms with Gasteiger partial charge in [-0.15, -0.1) is 0 Å². The van der Waals surface area contributed by atoms with Crippen molar-refractivity contribution in [2.24, 2.45) is 5.41 Å². The molecule has 4 aromatic heterocycles. The third-order valence-corrected chi connectivity index (χ3v) is 12.6. The Kier molecular flexibility index (Phi) is 21.1. The minimum absolute atomic E-state index is 0.000504. The summed E-state index contributed by atoms with van der Waals surface area (Å²) in [5.74, 6) is -0.200. The average molecular weight is 1050 g/mol. The predicted octanol–water partition coefficient (Wildman–Crippen LogP) is 19.6. The van der Waals surface area contributed by atoms with Gasteiger partial charge in [-0.05, 0) is 102 Å². The number of halogens is 1. The fourth-order valence-electron chi connectivity index (χ4n) is 7.80. The highest BCUT2D eigenvalue weighted by Gasteiger charge is 2.19. The number of fused-ring (bicyclic) bond motifs is 4. The van der Waals surface area contributed by atoms with E-state index in [0.29, 0.717) is 5.41 Å². The Hall–Kier alpha value is -6.73. The molecule has 0 saturated heterocycles. The van der Waals surface area contributed by atoms with Crippen LogP contribution in [0.4, 0.5) is 15.8 Å². The van der Waals surface area contributed by atoms with Crippen molar-refractivity contribution in [3.63, 3.8) is 0 Å². The fraction of sp³-hybridized carbons (Fsp3) is 0.408. The van der Waals surface area contributed by atoms with E-state index in [0.717, 1.165) is 50.0 Å². The van der Waals surface area contributed by atoms with Gasteiger partial charge in [0.2, 0.25) is 0 Å². The van der Waals surface area contributed by atoms with Gasteiger partial charge in [-0.3, -0.25) is 19.9 Å². The fourth-order valence-corrected chi connectivity index (χ4v) is 7.80. The molecule has 0 fully saturated rings. The molecule has 0 atom stereocenters. The van der Waals surface area contributed by atoms with Gasteiger partial charge >= 0.3 is 0 Å². The first-order valence-corrected chi connectivity index (χ1v) is 27.5. The molecule has 0 aliphatic heterocycles. The normalized spacial score (nSPS) is 11.9. The lowest BCUT2D eigenvalue weighted by Crippen LogP contribution is -2.14. The van der Waals surface area contributed by atoms with Gasteiger partial charge in [0, 0.05) is 127 Å². The number of rotatable bonds is 1. The van der Waals surface area contributed by atoms with Crippen molar-refractivity contribution in [3.05, 3.63) is 191 Å². The number of hydrogen-bond acceptors (Lipinski definition) is 6. The van der Waals surface area contributed by atoms with Crippen molar-refractivity contribution in [3.8, 4) is 0 Å². The molecule has 0 amide bonds. The highest BCUT2D eigenvalue weighted by molar-refractivity contribution is 5.94. The standard InChI is InChI=1S/C15H20N2.C14H17N.C13H14FN.C13H16N2.C11H16.C5H12/c1-15(2,3)14-9-12-11(10-16-14)7-6-8-13(12)17(4)5;1-10-5-6-11-8-13(14(2,3)4)15-9-12(11)7-10;1-13(2,3)12-7-10-6-11(14)5-4-9(10)8-15-12;1-13(2,3)12-7-10-9(8-15-12)5-4-6-11(10)14;1-9-5-7-10(8-6-9)11(2,3)4;1-5(2,3)4/h6-10H,1-5H3;5-9H,1-4H3;4-8H,1-3H3;4-8H,14H2,1-3H3;5-8H,1-4H3;1-4H3. The smallest absolute Gasteiger partial charge is 0.123 e. The molecule has 0 aliphatic carbocycles. The summed E-state index contributed by atoms with van der Waals surface area (Å²) >= 11 is 0. The van der Waals surface area contributed by atoms with E-state index in [-0.39, 0.29) is 32.9 Å². The quantitative estimate of drug-likeness (QED) is 0.165. The summed E-state index contributed by atoms with van der Waals surface area (Å²) in [6, 6.07) is 40.7. The summed E-state index contributed by atoms with van der Waals surface area (Å²) in [7, 11) is 4.15.